The second-order valence-electron chi connectivity index (χ2n) is 6.92. The Morgan fingerprint density at radius 1 is 1.30 bits per heavy atom. The van der Waals surface area contributed by atoms with Gasteiger partial charge in [0.15, 0.2) is 0 Å². The molecule has 1 unspecified atom stereocenters. The SMILES string of the molecule is CN(CC(=O)O)C1CCCN(C(=O)c2cc(=O)[nH]c3ccc(F)cc23)CC1. The number of rotatable bonds is 4. The van der Waals surface area contributed by atoms with Crippen molar-refractivity contribution in [1.82, 2.24) is 14.8 Å². The third-order valence-corrected chi connectivity index (χ3v) is 5.03. The van der Waals surface area contributed by atoms with Crippen LogP contribution in [0.25, 0.3) is 10.9 Å². The van der Waals surface area contributed by atoms with Crippen molar-refractivity contribution in [2.45, 2.75) is 25.3 Å². The fourth-order valence-corrected chi connectivity index (χ4v) is 3.64. The maximum absolute atomic E-state index is 13.7. The third kappa shape index (κ3) is 4.33. The second-order valence-corrected chi connectivity index (χ2v) is 6.92. The van der Waals surface area contributed by atoms with Gasteiger partial charge in [-0.1, -0.05) is 0 Å². The molecule has 0 spiro atoms. The van der Waals surface area contributed by atoms with Crippen molar-refractivity contribution < 1.29 is 19.1 Å². The summed E-state index contributed by atoms with van der Waals surface area (Å²) in [6.45, 7) is 0.924. The van der Waals surface area contributed by atoms with Crippen molar-refractivity contribution in [1.29, 1.82) is 0 Å². The highest BCUT2D eigenvalue weighted by Crippen LogP contribution is 2.21. The summed E-state index contributed by atoms with van der Waals surface area (Å²) >= 11 is 0. The van der Waals surface area contributed by atoms with Crippen molar-refractivity contribution in [3.05, 3.63) is 46.0 Å². The Hall–Kier alpha value is -2.74. The van der Waals surface area contributed by atoms with Gasteiger partial charge in [0, 0.05) is 36.1 Å². The molecule has 27 heavy (non-hydrogen) atoms. The Morgan fingerprint density at radius 3 is 2.81 bits per heavy atom. The van der Waals surface area contributed by atoms with Crippen LogP contribution in [-0.2, 0) is 4.79 Å². The zero-order valence-electron chi connectivity index (χ0n) is 15.1. The number of amides is 1. The molecule has 1 fully saturated rings. The van der Waals surface area contributed by atoms with Crippen LogP contribution in [0.2, 0.25) is 0 Å². The van der Waals surface area contributed by atoms with Gasteiger partial charge in [0.25, 0.3) is 5.91 Å². The first-order chi connectivity index (χ1) is 12.8. The number of benzene rings is 1. The third-order valence-electron chi connectivity index (χ3n) is 5.03. The average molecular weight is 375 g/mol. The molecule has 1 aromatic heterocycles. The van der Waals surface area contributed by atoms with E-state index in [1.807, 2.05) is 0 Å². The molecule has 0 bridgehead atoms. The lowest BCUT2D eigenvalue weighted by Crippen LogP contribution is -2.37. The summed E-state index contributed by atoms with van der Waals surface area (Å²) < 4.78 is 13.7. The quantitative estimate of drug-likeness (QED) is 0.848. The van der Waals surface area contributed by atoms with Crippen molar-refractivity contribution in [3.8, 4) is 0 Å². The Labute approximate surface area is 155 Å². The number of pyridine rings is 1. The molecule has 1 aliphatic rings. The van der Waals surface area contributed by atoms with Gasteiger partial charge in [-0.05, 0) is 44.5 Å². The molecular weight excluding hydrogens is 353 g/mol. The molecule has 3 rings (SSSR count). The summed E-state index contributed by atoms with van der Waals surface area (Å²) in [5.41, 5.74) is 0.193. The average Bonchev–Trinajstić information content (AvgIpc) is 2.86. The van der Waals surface area contributed by atoms with E-state index >= 15 is 0 Å². The number of halogens is 1. The van der Waals surface area contributed by atoms with Gasteiger partial charge in [-0.2, -0.15) is 0 Å². The van der Waals surface area contributed by atoms with E-state index in [1.165, 1.54) is 24.3 Å². The smallest absolute Gasteiger partial charge is 0.317 e. The van der Waals surface area contributed by atoms with Gasteiger partial charge in [-0.15, -0.1) is 0 Å². The second kappa shape index (κ2) is 7.87. The van der Waals surface area contributed by atoms with Crippen LogP contribution < -0.4 is 5.56 Å². The lowest BCUT2D eigenvalue weighted by atomic mass is 10.1. The van der Waals surface area contributed by atoms with Crippen LogP contribution in [0.5, 0.6) is 0 Å². The summed E-state index contributed by atoms with van der Waals surface area (Å²) in [6, 6.07) is 5.22. The predicted octanol–water partition coefficient (Wildman–Crippen LogP) is 1.68. The molecule has 1 saturated heterocycles. The predicted molar refractivity (Wildman–Crippen MR) is 98.3 cm³/mol. The van der Waals surface area contributed by atoms with Crippen LogP contribution in [0.15, 0.2) is 29.1 Å². The molecule has 2 N–H and O–H groups in total. The topological polar surface area (TPSA) is 93.7 Å². The number of carbonyl (C=O) groups is 2. The zero-order valence-corrected chi connectivity index (χ0v) is 15.1. The summed E-state index contributed by atoms with van der Waals surface area (Å²) in [7, 11) is 1.77. The van der Waals surface area contributed by atoms with Gasteiger partial charge < -0.3 is 15.0 Å². The number of aromatic amines is 1. The molecule has 0 radical (unpaired) electrons. The van der Waals surface area contributed by atoms with Gasteiger partial charge in [0.1, 0.15) is 5.82 Å². The highest BCUT2D eigenvalue weighted by Gasteiger charge is 2.25. The number of fused-ring (bicyclic) bond motifs is 1. The maximum atomic E-state index is 13.7. The lowest BCUT2D eigenvalue weighted by Gasteiger charge is -2.25. The Morgan fingerprint density at radius 2 is 2.07 bits per heavy atom. The number of carboxylic acids is 1. The minimum atomic E-state index is -0.883. The number of carboxylic acid groups (broad SMARTS) is 1. The molecule has 1 atom stereocenters. The van der Waals surface area contributed by atoms with Crippen LogP contribution >= 0.6 is 0 Å². The van der Waals surface area contributed by atoms with E-state index in [0.29, 0.717) is 30.4 Å². The molecule has 1 aliphatic heterocycles. The molecule has 2 aromatic rings. The minimum Gasteiger partial charge on any atom is -0.480 e. The largest absolute Gasteiger partial charge is 0.480 e. The fourth-order valence-electron chi connectivity index (χ4n) is 3.64. The van der Waals surface area contributed by atoms with E-state index in [9.17, 15) is 18.8 Å². The number of nitrogens with one attached hydrogen (secondary N) is 1. The summed E-state index contributed by atoms with van der Waals surface area (Å²) in [6.07, 6.45) is 2.17. The monoisotopic (exact) mass is 375 g/mol. The van der Waals surface area contributed by atoms with Crippen molar-refractivity contribution in [2.24, 2.45) is 0 Å². The molecule has 1 amide bonds. The van der Waals surface area contributed by atoms with E-state index in [-0.39, 0.29) is 24.1 Å². The number of likely N-dealkylation sites (N-methyl/N-ethyl adjacent to an activating group) is 1. The normalized spacial score (nSPS) is 17.9. The van der Waals surface area contributed by atoms with Crippen LogP contribution in [0, 0.1) is 5.82 Å². The maximum Gasteiger partial charge on any atom is 0.317 e. The first kappa shape index (κ1) is 19.0. The number of hydrogen-bond donors (Lipinski definition) is 2. The van der Waals surface area contributed by atoms with E-state index in [4.69, 9.17) is 5.11 Å². The van der Waals surface area contributed by atoms with Crippen molar-refractivity contribution in [3.63, 3.8) is 0 Å². The number of aromatic nitrogens is 1. The Bertz CT molecular complexity index is 927. The zero-order chi connectivity index (χ0) is 19.6. The Kier molecular flexibility index (Phi) is 5.55. The van der Waals surface area contributed by atoms with Gasteiger partial charge >= 0.3 is 5.97 Å². The van der Waals surface area contributed by atoms with Gasteiger partial charge in [0.05, 0.1) is 12.1 Å². The van der Waals surface area contributed by atoms with Gasteiger partial charge in [0.2, 0.25) is 5.56 Å². The number of aliphatic carboxylic acids is 1. The number of nitrogens with zero attached hydrogens (tertiary/aromatic N) is 2. The lowest BCUT2D eigenvalue weighted by molar-refractivity contribution is -0.138. The molecule has 144 valence electrons. The fraction of sp³-hybridized carbons (Fsp3) is 0.421. The van der Waals surface area contributed by atoms with Crippen LogP contribution in [0.1, 0.15) is 29.6 Å². The molecule has 0 saturated carbocycles. The standard InChI is InChI=1S/C19H22FN3O4/c1-22(11-18(25)26)13-3-2-7-23(8-6-13)19(27)15-10-17(24)21-16-5-4-12(20)9-14(15)16/h4-5,9-10,13H,2-3,6-8,11H2,1H3,(H,21,24)(H,25,26). The molecule has 7 nitrogen and oxygen atoms in total. The highest BCUT2D eigenvalue weighted by molar-refractivity contribution is 6.06. The summed E-state index contributed by atoms with van der Waals surface area (Å²) in [4.78, 5) is 41.9. The van der Waals surface area contributed by atoms with E-state index in [1.54, 1.807) is 16.8 Å². The van der Waals surface area contributed by atoms with E-state index < -0.39 is 17.3 Å². The molecule has 2 heterocycles. The molecular formula is C19H22FN3O4. The molecule has 8 heteroatoms. The molecule has 1 aromatic carbocycles. The first-order valence-corrected chi connectivity index (χ1v) is 8.89. The van der Waals surface area contributed by atoms with Crippen LogP contribution in [0.4, 0.5) is 4.39 Å². The number of H-pyrrole nitrogens is 1. The highest BCUT2D eigenvalue weighted by atomic mass is 19.1. The summed E-state index contributed by atoms with van der Waals surface area (Å²) in [5.74, 6) is -1.67. The van der Waals surface area contributed by atoms with Crippen LogP contribution in [-0.4, -0.2) is 64.5 Å². The first-order valence-electron chi connectivity index (χ1n) is 8.89. The van der Waals surface area contributed by atoms with Gasteiger partial charge in [-0.25, -0.2) is 4.39 Å². The number of hydrogen-bond acceptors (Lipinski definition) is 4. The summed E-state index contributed by atoms with van der Waals surface area (Å²) in [5, 5.41) is 9.33. The van der Waals surface area contributed by atoms with E-state index in [0.717, 1.165) is 12.8 Å². The molecule has 0 aliphatic carbocycles. The van der Waals surface area contributed by atoms with Gasteiger partial charge in [-0.3, -0.25) is 19.3 Å². The van der Waals surface area contributed by atoms with Crippen LogP contribution in [0.3, 0.4) is 0 Å². The number of carbonyl (C=O) groups excluding carboxylic acids is 1. The van der Waals surface area contributed by atoms with Crippen molar-refractivity contribution in [2.75, 3.05) is 26.7 Å². The minimum absolute atomic E-state index is 0.0451. The number of likely N-dealkylation sites (tertiary alicyclic amines) is 1. The van der Waals surface area contributed by atoms with Crippen molar-refractivity contribution >= 4 is 22.8 Å². The van der Waals surface area contributed by atoms with E-state index in [2.05, 4.69) is 4.98 Å². The Balaban J connectivity index is 1.82.